The molecular formula is C19H15N5O3S. The minimum atomic E-state index is -0.476. The summed E-state index contributed by atoms with van der Waals surface area (Å²) in [6.45, 7) is 0. The molecule has 0 bridgehead atoms. The van der Waals surface area contributed by atoms with Crippen molar-refractivity contribution in [3.05, 3.63) is 76.6 Å². The number of para-hydroxylation sites is 1. The number of benzene rings is 2. The van der Waals surface area contributed by atoms with Gasteiger partial charge in [-0.1, -0.05) is 30.0 Å². The van der Waals surface area contributed by atoms with E-state index in [1.807, 2.05) is 34.9 Å². The normalized spacial score (nSPS) is 10.9. The van der Waals surface area contributed by atoms with Crippen molar-refractivity contribution in [2.45, 2.75) is 10.9 Å². The number of ether oxygens (including phenoxy) is 1. The third-order valence-electron chi connectivity index (χ3n) is 4.07. The Bertz CT molecular complexity index is 1200. The number of methoxy groups -OCH3 is 1. The fraction of sp³-hybridized carbons (Fsp3) is 0.105. The molecule has 2 aromatic carbocycles. The molecule has 2 heterocycles. The zero-order chi connectivity index (χ0) is 19.5. The Morgan fingerprint density at radius 2 is 2.04 bits per heavy atom. The van der Waals surface area contributed by atoms with Crippen molar-refractivity contribution in [2.75, 3.05) is 7.11 Å². The van der Waals surface area contributed by atoms with E-state index in [2.05, 4.69) is 20.2 Å². The molecule has 4 aromatic rings. The topological polar surface area (TPSA) is 103 Å². The molecule has 2 aromatic heterocycles. The molecule has 0 spiro atoms. The second-order valence-corrected chi connectivity index (χ2v) is 6.79. The lowest BCUT2D eigenvalue weighted by Crippen LogP contribution is -2.12. The van der Waals surface area contributed by atoms with Gasteiger partial charge in [0, 0.05) is 5.69 Å². The van der Waals surface area contributed by atoms with E-state index in [1.54, 1.807) is 24.5 Å². The Hall–Kier alpha value is -3.46. The fourth-order valence-corrected chi connectivity index (χ4v) is 3.52. The van der Waals surface area contributed by atoms with Crippen molar-refractivity contribution in [3.8, 4) is 5.69 Å². The predicted octanol–water partition coefficient (Wildman–Crippen LogP) is 2.58. The van der Waals surface area contributed by atoms with Gasteiger partial charge in [0.15, 0.2) is 5.16 Å². The molecule has 9 heteroatoms. The first-order valence-electron chi connectivity index (χ1n) is 8.35. The number of carbonyl (C=O) groups is 1. The summed E-state index contributed by atoms with van der Waals surface area (Å²) in [5, 5.41) is 9.19. The summed E-state index contributed by atoms with van der Waals surface area (Å²) in [5.41, 5.74) is 1.46. The van der Waals surface area contributed by atoms with Gasteiger partial charge in [-0.3, -0.25) is 9.36 Å². The molecule has 28 heavy (non-hydrogen) atoms. The van der Waals surface area contributed by atoms with Gasteiger partial charge in [-0.15, -0.1) is 10.2 Å². The van der Waals surface area contributed by atoms with Crippen LogP contribution in [0.4, 0.5) is 0 Å². The van der Waals surface area contributed by atoms with Crippen LogP contribution in [0.15, 0.2) is 64.8 Å². The number of thioether (sulfide) groups is 1. The maximum atomic E-state index is 12.3. The Morgan fingerprint density at radius 3 is 2.82 bits per heavy atom. The Balaban J connectivity index is 1.62. The number of carbonyl (C=O) groups excluding carboxylic acids is 1. The SMILES string of the molecule is COC(=O)c1ccc2c(=O)[nH]c(CSc3nncn3-c3ccccc3)nc2c1. The molecule has 0 saturated heterocycles. The van der Waals surface area contributed by atoms with E-state index in [0.29, 0.717) is 33.2 Å². The summed E-state index contributed by atoms with van der Waals surface area (Å²) in [5.74, 6) is 0.391. The second kappa shape index (κ2) is 7.65. The molecule has 0 aliphatic heterocycles. The van der Waals surface area contributed by atoms with Gasteiger partial charge in [0.25, 0.3) is 5.56 Å². The highest BCUT2D eigenvalue weighted by Gasteiger charge is 2.12. The zero-order valence-corrected chi connectivity index (χ0v) is 15.6. The van der Waals surface area contributed by atoms with E-state index in [-0.39, 0.29) is 5.56 Å². The third kappa shape index (κ3) is 3.52. The van der Waals surface area contributed by atoms with Gasteiger partial charge in [-0.2, -0.15) is 0 Å². The quantitative estimate of drug-likeness (QED) is 0.411. The van der Waals surface area contributed by atoms with Crippen molar-refractivity contribution < 1.29 is 9.53 Å². The van der Waals surface area contributed by atoms with Crippen LogP contribution < -0.4 is 5.56 Å². The molecule has 1 N–H and O–H groups in total. The number of rotatable bonds is 5. The number of hydrogen-bond donors (Lipinski definition) is 1. The van der Waals surface area contributed by atoms with E-state index >= 15 is 0 Å². The number of hydrogen-bond acceptors (Lipinski definition) is 7. The summed E-state index contributed by atoms with van der Waals surface area (Å²) < 4.78 is 6.58. The van der Waals surface area contributed by atoms with Crippen molar-refractivity contribution in [1.82, 2.24) is 24.7 Å². The van der Waals surface area contributed by atoms with E-state index in [0.717, 1.165) is 5.69 Å². The monoisotopic (exact) mass is 393 g/mol. The number of nitrogens with zero attached hydrogens (tertiary/aromatic N) is 4. The minimum Gasteiger partial charge on any atom is -0.465 e. The summed E-state index contributed by atoms with van der Waals surface area (Å²) in [6.07, 6.45) is 1.64. The Kier molecular flexibility index (Phi) is 4.90. The molecule has 0 radical (unpaired) electrons. The number of nitrogens with one attached hydrogen (secondary N) is 1. The van der Waals surface area contributed by atoms with E-state index in [1.165, 1.54) is 18.9 Å². The van der Waals surface area contributed by atoms with Crippen LogP contribution in [0.25, 0.3) is 16.6 Å². The number of esters is 1. The third-order valence-corrected chi connectivity index (χ3v) is 5.02. The molecule has 0 aliphatic carbocycles. The molecule has 0 aliphatic rings. The first-order valence-corrected chi connectivity index (χ1v) is 9.34. The molecule has 140 valence electrons. The molecular weight excluding hydrogens is 378 g/mol. The summed E-state index contributed by atoms with van der Waals surface area (Å²) in [6, 6.07) is 14.4. The molecule has 0 fully saturated rings. The van der Waals surface area contributed by atoms with Gasteiger partial charge >= 0.3 is 5.97 Å². The van der Waals surface area contributed by atoms with Crippen molar-refractivity contribution in [3.63, 3.8) is 0 Å². The lowest BCUT2D eigenvalue weighted by molar-refractivity contribution is 0.0601. The maximum Gasteiger partial charge on any atom is 0.337 e. The Labute approximate surface area is 163 Å². The predicted molar refractivity (Wildman–Crippen MR) is 105 cm³/mol. The van der Waals surface area contributed by atoms with Gasteiger partial charge in [-0.25, -0.2) is 9.78 Å². The molecule has 0 atom stereocenters. The van der Waals surface area contributed by atoms with Gasteiger partial charge in [0.2, 0.25) is 0 Å². The van der Waals surface area contributed by atoms with Gasteiger partial charge in [-0.05, 0) is 30.3 Å². The fourth-order valence-electron chi connectivity index (χ4n) is 2.72. The van der Waals surface area contributed by atoms with Crippen LogP contribution >= 0.6 is 11.8 Å². The van der Waals surface area contributed by atoms with E-state index in [4.69, 9.17) is 4.74 Å². The summed E-state index contributed by atoms with van der Waals surface area (Å²) in [4.78, 5) is 31.3. The highest BCUT2D eigenvalue weighted by Crippen LogP contribution is 2.22. The number of aromatic amines is 1. The minimum absolute atomic E-state index is 0.262. The average molecular weight is 393 g/mol. The average Bonchev–Trinajstić information content (AvgIpc) is 3.20. The van der Waals surface area contributed by atoms with E-state index in [9.17, 15) is 9.59 Å². The summed E-state index contributed by atoms with van der Waals surface area (Å²) in [7, 11) is 1.31. The van der Waals surface area contributed by atoms with Crippen LogP contribution in [-0.4, -0.2) is 37.8 Å². The lowest BCUT2D eigenvalue weighted by Gasteiger charge is -2.07. The standard InChI is InChI=1S/C19H15N5O3S/c1-27-18(26)12-7-8-14-15(9-12)21-16(22-17(14)25)10-28-19-23-20-11-24(19)13-5-3-2-4-6-13/h2-9,11H,10H2,1H3,(H,21,22,25). The Morgan fingerprint density at radius 1 is 1.21 bits per heavy atom. The number of H-pyrrole nitrogens is 1. The molecule has 8 nitrogen and oxygen atoms in total. The second-order valence-electron chi connectivity index (χ2n) is 5.84. The maximum absolute atomic E-state index is 12.3. The van der Waals surface area contributed by atoms with Gasteiger partial charge in [0.1, 0.15) is 12.2 Å². The molecule has 0 amide bonds. The number of fused-ring (bicyclic) bond motifs is 1. The van der Waals surface area contributed by atoms with Crippen LogP contribution in [-0.2, 0) is 10.5 Å². The van der Waals surface area contributed by atoms with E-state index < -0.39 is 5.97 Å². The first-order chi connectivity index (χ1) is 13.7. The van der Waals surface area contributed by atoms with Crippen LogP contribution in [0.3, 0.4) is 0 Å². The zero-order valence-electron chi connectivity index (χ0n) is 14.8. The van der Waals surface area contributed by atoms with Crippen LogP contribution in [0.1, 0.15) is 16.2 Å². The van der Waals surface area contributed by atoms with Crippen molar-refractivity contribution in [2.24, 2.45) is 0 Å². The highest BCUT2D eigenvalue weighted by molar-refractivity contribution is 7.98. The van der Waals surface area contributed by atoms with Gasteiger partial charge < -0.3 is 9.72 Å². The first kappa shape index (κ1) is 17.9. The van der Waals surface area contributed by atoms with Crippen LogP contribution in [0.2, 0.25) is 0 Å². The largest absolute Gasteiger partial charge is 0.465 e. The molecule has 0 unspecified atom stereocenters. The lowest BCUT2D eigenvalue weighted by atomic mass is 10.1. The smallest absolute Gasteiger partial charge is 0.337 e. The van der Waals surface area contributed by atoms with Gasteiger partial charge in [0.05, 0.1) is 29.3 Å². The van der Waals surface area contributed by atoms with Crippen LogP contribution in [0.5, 0.6) is 0 Å². The molecule has 4 rings (SSSR count). The van der Waals surface area contributed by atoms with Crippen LogP contribution in [0, 0.1) is 0 Å². The highest BCUT2D eigenvalue weighted by atomic mass is 32.2. The van der Waals surface area contributed by atoms with Crippen molar-refractivity contribution >= 4 is 28.6 Å². The summed E-state index contributed by atoms with van der Waals surface area (Å²) >= 11 is 1.40. The molecule has 0 saturated carbocycles. The number of aromatic nitrogens is 5. The van der Waals surface area contributed by atoms with Crippen molar-refractivity contribution in [1.29, 1.82) is 0 Å².